The van der Waals surface area contributed by atoms with Crippen molar-refractivity contribution in [2.24, 2.45) is 5.41 Å². The largest absolute Gasteiger partial charge is 0.492 e. The zero-order valence-corrected chi connectivity index (χ0v) is 16.3. The summed E-state index contributed by atoms with van der Waals surface area (Å²) in [5.41, 5.74) is -0.370. The molecule has 22 heavy (non-hydrogen) atoms. The summed E-state index contributed by atoms with van der Waals surface area (Å²) >= 11 is 0. The van der Waals surface area contributed by atoms with E-state index in [0.29, 0.717) is 32.5 Å². The minimum atomic E-state index is -3.37. The van der Waals surface area contributed by atoms with Crippen LogP contribution in [-0.4, -0.2) is 73.8 Å². The summed E-state index contributed by atoms with van der Waals surface area (Å²) in [7, 11) is -3.37. The minimum absolute atomic E-state index is 0. The first kappa shape index (κ1) is 18.3. The molecule has 2 fully saturated rings. The van der Waals surface area contributed by atoms with Gasteiger partial charge in [-0.3, -0.25) is 9.59 Å². The SMILES string of the molecule is [3H]C(=O)N1CCC([CH2-])(CN2[CH-]CN(S(C)(=O)=O)CC2=O)CC1.[Y]. The Morgan fingerprint density at radius 1 is 1.45 bits per heavy atom. The number of hydrogen-bond donors (Lipinski definition) is 0. The van der Waals surface area contributed by atoms with E-state index >= 15 is 0 Å². The third-order valence-corrected chi connectivity index (χ3v) is 5.28. The van der Waals surface area contributed by atoms with Crippen molar-refractivity contribution in [3.8, 4) is 0 Å². The minimum Gasteiger partial charge on any atom is -0.492 e. The normalized spacial score (nSPS) is 23.7. The second-order valence-electron chi connectivity index (χ2n) is 5.84. The molecule has 0 aromatic heterocycles. The summed E-state index contributed by atoms with van der Waals surface area (Å²) in [6, 6.07) is 0. The van der Waals surface area contributed by atoms with Gasteiger partial charge >= 0.3 is 0 Å². The van der Waals surface area contributed by atoms with Crippen LogP contribution >= 0.6 is 0 Å². The Morgan fingerprint density at radius 2 is 2.05 bits per heavy atom. The maximum absolute atomic E-state index is 12.1. The number of piperidine rings is 1. The number of nitrogens with zero attached hydrogens (tertiary/aromatic N) is 3. The predicted octanol–water partition coefficient (Wildman–Crippen LogP) is -0.678. The molecule has 0 atom stereocenters. The Hall–Kier alpha value is -0.0461. The van der Waals surface area contributed by atoms with Gasteiger partial charge in [0, 0.05) is 45.8 Å². The molecule has 0 spiro atoms. The standard InChI is InChI=1S/C13H21N3O4S.Y/c1-13(3-5-14(11-17)6-4-13)10-15-7-8-16(9-12(15)18)21(2,19)20;/h7,11H,1,3-6,8-10H2,2H3;/q-2;/i11T;. The summed E-state index contributed by atoms with van der Waals surface area (Å²) in [4.78, 5) is 26.1. The number of hydrogen-bond acceptors (Lipinski definition) is 4. The predicted molar refractivity (Wildman–Crippen MR) is 77.1 cm³/mol. The molecular weight excluding hydrogens is 383 g/mol. The number of piperazine rings is 1. The van der Waals surface area contributed by atoms with E-state index in [1.54, 1.807) is 6.54 Å². The summed E-state index contributed by atoms with van der Waals surface area (Å²) in [5.74, 6) is -0.265. The van der Waals surface area contributed by atoms with Gasteiger partial charge in [-0.1, -0.05) is 19.4 Å². The van der Waals surface area contributed by atoms with Crippen LogP contribution in [0.4, 0.5) is 0 Å². The zero-order chi connectivity index (χ0) is 16.5. The van der Waals surface area contributed by atoms with E-state index in [2.05, 4.69) is 6.92 Å². The van der Waals surface area contributed by atoms with Crippen LogP contribution in [0.2, 0.25) is 0 Å². The van der Waals surface area contributed by atoms with Crippen molar-refractivity contribution in [3.63, 3.8) is 0 Å². The first-order chi connectivity index (χ1) is 10.1. The fourth-order valence-electron chi connectivity index (χ4n) is 2.59. The number of carbonyl (C=O) groups excluding carboxylic acids is 2. The Balaban J connectivity index is 0.00000264. The van der Waals surface area contributed by atoms with Gasteiger partial charge in [-0.05, 0) is 6.54 Å². The van der Waals surface area contributed by atoms with Crippen LogP contribution in [0, 0.1) is 18.9 Å². The maximum Gasteiger partial charge on any atom is 0.209 e. The van der Waals surface area contributed by atoms with Gasteiger partial charge in [-0.2, -0.15) is 0 Å². The third-order valence-electron chi connectivity index (χ3n) is 4.07. The van der Waals surface area contributed by atoms with Gasteiger partial charge in [-0.25, -0.2) is 19.3 Å². The van der Waals surface area contributed by atoms with E-state index in [1.807, 2.05) is 0 Å². The second kappa shape index (κ2) is 7.68. The van der Waals surface area contributed by atoms with E-state index in [-0.39, 0.29) is 57.1 Å². The molecule has 2 rings (SSSR count). The fourth-order valence-corrected chi connectivity index (χ4v) is 3.28. The quantitative estimate of drug-likeness (QED) is 0.460. The average Bonchev–Trinajstić information content (AvgIpc) is 2.40. The molecular formula is C13H21N3O4SY-2. The second-order valence-corrected chi connectivity index (χ2v) is 7.82. The molecule has 2 heterocycles. The van der Waals surface area contributed by atoms with Crippen LogP contribution in [-0.2, 0) is 52.3 Å². The van der Waals surface area contributed by atoms with Crippen molar-refractivity contribution in [2.75, 3.05) is 39.0 Å². The van der Waals surface area contributed by atoms with Gasteiger partial charge in [0.25, 0.3) is 0 Å². The van der Waals surface area contributed by atoms with Crippen LogP contribution in [0.15, 0.2) is 0 Å². The molecule has 0 N–H and O–H groups in total. The molecule has 2 aliphatic heterocycles. The van der Waals surface area contributed by atoms with Crippen LogP contribution in [0.3, 0.4) is 0 Å². The van der Waals surface area contributed by atoms with Gasteiger partial charge in [0.1, 0.15) is 1.37 Å². The van der Waals surface area contributed by atoms with Crippen LogP contribution < -0.4 is 0 Å². The van der Waals surface area contributed by atoms with Crippen LogP contribution in [0.5, 0.6) is 0 Å². The summed E-state index contributed by atoms with van der Waals surface area (Å²) in [5, 5.41) is 0. The monoisotopic (exact) mass is 406 g/mol. The van der Waals surface area contributed by atoms with Crippen molar-refractivity contribution >= 4 is 22.3 Å². The first-order valence-electron chi connectivity index (χ1n) is 7.29. The molecule has 0 aromatic rings. The molecule has 2 aliphatic rings. The Morgan fingerprint density at radius 3 is 2.50 bits per heavy atom. The molecule has 0 bridgehead atoms. The van der Waals surface area contributed by atoms with Crippen molar-refractivity contribution in [3.05, 3.63) is 13.5 Å². The van der Waals surface area contributed by atoms with E-state index in [9.17, 15) is 18.0 Å². The molecule has 1 radical (unpaired) electrons. The van der Waals surface area contributed by atoms with Crippen LogP contribution in [0.25, 0.3) is 0 Å². The molecule has 0 aromatic carbocycles. The molecule has 7 nitrogen and oxygen atoms in total. The Labute approximate surface area is 158 Å². The molecule has 2 saturated heterocycles. The smallest absolute Gasteiger partial charge is 0.209 e. The molecule has 0 aliphatic carbocycles. The van der Waals surface area contributed by atoms with Crippen molar-refractivity contribution in [1.29, 1.82) is 0 Å². The first-order valence-corrected chi connectivity index (χ1v) is 8.64. The molecule has 2 amide bonds. The number of carbonyl (C=O) groups is 2. The van der Waals surface area contributed by atoms with Gasteiger partial charge in [0.15, 0.2) is 0 Å². The molecule has 123 valence electrons. The summed E-state index contributed by atoms with van der Waals surface area (Å²) in [6.45, 7) is 7.12. The van der Waals surface area contributed by atoms with Crippen molar-refractivity contribution < 1.29 is 52.1 Å². The van der Waals surface area contributed by atoms with Crippen molar-refractivity contribution in [2.45, 2.75) is 12.8 Å². The number of rotatable bonds is 3. The zero-order valence-electron chi connectivity index (χ0n) is 13.7. The van der Waals surface area contributed by atoms with Gasteiger partial charge < -0.3 is 16.7 Å². The number of amides is 2. The molecule has 0 saturated carbocycles. The van der Waals surface area contributed by atoms with Gasteiger partial charge in [0.2, 0.25) is 22.3 Å². The summed E-state index contributed by atoms with van der Waals surface area (Å²) < 4.78 is 31.1. The van der Waals surface area contributed by atoms with E-state index in [4.69, 9.17) is 1.37 Å². The van der Waals surface area contributed by atoms with E-state index in [1.165, 1.54) is 9.80 Å². The fraction of sp³-hybridized carbons (Fsp3) is 0.692. The average molecular weight is 406 g/mol. The number of sulfonamides is 1. The van der Waals surface area contributed by atoms with E-state index < -0.39 is 16.4 Å². The summed E-state index contributed by atoms with van der Waals surface area (Å²) in [6.07, 6.45) is 1.63. The van der Waals surface area contributed by atoms with Gasteiger partial charge in [0.05, 0.1) is 12.8 Å². The topological polar surface area (TPSA) is 78.0 Å². The van der Waals surface area contributed by atoms with Gasteiger partial charge in [-0.15, -0.1) is 5.41 Å². The number of likely N-dealkylation sites (tertiary alicyclic amines) is 1. The molecule has 0 unspecified atom stereocenters. The molecule has 9 heteroatoms. The van der Waals surface area contributed by atoms with E-state index in [0.717, 1.165) is 10.6 Å². The van der Waals surface area contributed by atoms with Crippen LogP contribution in [0.1, 0.15) is 14.2 Å². The third kappa shape index (κ3) is 4.98. The Bertz CT molecular complexity index is 564. The van der Waals surface area contributed by atoms with Crippen molar-refractivity contribution in [1.82, 2.24) is 14.1 Å². The Kier molecular flexibility index (Phi) is 6.39. The maximum atomic E-state index is 12.1.